The number of rotatable bonds is 2. The van der Waals surface area contributed by atoms with Crippen molar-refractivity contribution in [2.24, 2.45) is 0 Å². The van der Waals surface area contributed by atoms with Crippen LogP contribution >= 0.6 is 0 Å². The minimum atomic E-state index is 0.555. The predicted octanol–water partition coefficient (Wildman–Crippen LogP) is 2.85. The van der Waals surface area contributed by atoms with Crippen molar-refractivity contribution in [2.75, 3.05) is 0 Å². The van der Waals surface area contributed by atoms with Crippen molar-refractivity contribution in [3.63, 3.8) is 0 Å². The molecular formula is C11H14N2. The number of fused-ring (bicyclic) bond motifs is 1. The minimum absolute atomic E-state index is 0.555. The molecule has 0 N–H and O–H groups in total. The Labute approximate surface area is 78.2 Å². The monoisotopic (exact) mass is 174 g/mol. The van der Waals surface area contributed by atoms with E-state index in [1.54, 1.807) is 0 Å². The first-order valence-electron chi connectivity index (χ1n) is 4.75. The summed E-state index contributed by atoms with van der Waals surface area (Å²) < 4.78 is 2.03. The van der Waals surface area contributed by atoms with Gasteiger partial charge in [0.2, 0.25) is 0 Å². The van der Waals surface area contributed by atoms with Crippen molar-refractivity contribution in [3.05, 3.63) is 36.3 Å². The summed E-state index contributed by atoms with van der Waals surface area (Å²) in [5.41, 5.74) is 2.23. The van der Waals surface area contributed by atoms with Crippen molar-refractivity contribution in [1.82, 2.24) is 9.38 Å². The molecule has 2 rings (SSSR count). The molecule has 2 heteroatoms. The van der Waals surface area contributed by atoms with Crippen LogP contribution in [0.1, 0.15) is 31.9 Å². The van der Waals surface area contributed by atoms with E-state index in [0.29, 0.717) is 5.92 Å². The van der Waals surface area contributed by atoms with Crippen LogP contribution in [-0.4, -0.2) is 9.38 Å². The summed E-state index contributed by atoms with van der Waals surface area (Å²) in [6.07, 6.45) is 5.23. The first-order valence-corrected chi connectivity index (χ1v) is 4.75. The van der Waals surface area contributed by atoms with E-state index >= 15 is 0 Å². The smallest absolute Gasteiger partial charge is 0.136 e. The number of hydrogen-bond donors (Lipinski definition) is 0. The van der Waals surface area contributed by atoms with E-state index in [4.69, 9.17) is 0 Å². The van der Waals surface area contributed by atoms with E-state index in [0.717, 1.165) is 12.1 Å². The highest BCUT2D eigenvalue weighted by Gasteiger charge is 2.04. The Morgan fingerprint density at radius 1 is 1.38 bits per heavy atom. The molecule has 0 amide bonds. The molecule has 2 nitrogen and oxygen atoms in total. The molecule has 2 heterocycles. The molecule has 0 bridgehead atoms. The summed E-state index contributed by atoms with van der Waals surface area (Å²) in [7, 11) is 0. The number of nitrogens with zero attached hydrogens (tertiary/aromatic N) is 2. The Morgan fingerprint density at radius 2 is 2.23 bits per heavy atom. The van der Waals surface area contributed by atoms with Gasteiger partial charge in [-0.1, -0.05) is 13.8 Å². The molecule has 1 unspecified atom stereocenters. The summed E-state index contributed by atoms with van der Waals surface area (Å²) in [5.74, 6) is 0.555. The average Bonchev–Trinajstić information content (AvgIpc) is 2.63. The third kappa shape index (κ3) is 1.44. The molecule has 13 heavy (non-hydrogen) atoms. The van der Waals surface area contributed by atoms with Gasteiger partial charge in [-0.3, -0.25) is 0 Å². The summed E-state index contributed by atoms with van der Waals surface area (Å²) in [6.45, 7) is 4.40. The van der Waals surface area contributed by atoms with Gasteiger partial charge in [0.05, 0.1) is 0 Å². The molecule has 68 valence electrons. The molecule has 0 saturated carbocycles. The average molecular weight is 174 g/mol. The standard InChI is InChI=1S/C11H14N2/c1-3-9(2)10-6-8-13-7-4-5-11(13)12-10/h4-9H,3H2,1-2H3. The van der Waals surface area contributed by atoms with Gasteiger partial charge in [-0.2, -0.15) is 0 Å². The summed E-state index contributed by atoms with van der Waals surface area (Å²) >= 11 is 0. The quantitative estimate of drug-likeness (QED) is 0.684. The second-order valence-electron chi connectivity index (χ2n) is 3.44. The van der Waals surface area contributed by atoms with E-state index in [1.165, 1.54) is 5.69 Å². The molecule has 0 saturated heterocycles. The summed E-state index contributed by atoms with van der Waals surface area (Å²) in [4.78, 5) is 4.57. The highest BCUT2D eigenvalue weighted by atomic mass is 15.0. The van der Waals surface area contributed by atoms with Crippen molar-refractivity contribution < 1.29 is 0 Å². The van der Waals surface area contributed by atoms with Crippen molar-refractivity contribution in [3.8, 4) is 0 Å². The maximum atomic E-state index is 4.57. The number of aromatic nitrogens is 2. The Bertz CT molecular complexity index is 403. The molecule has 1 atom stereocenters. The maximum absolute atomic E-state index is 4.57. The molecule has 0 aromatic carbocycles. The third-order valence-corrected chi connectivity index (χ3v) is 2.52. The lowest BCUT2D eigenvalue weighted by molar-refractivity contribution is 0.707. The normalized spacial score (nSPS) is 13.4. The van der Waals surface area contributed by atoms with Gasteiger partial charge in [-0.25, -0.2) is 4.98 Å². The molecule has 2 aromatic rings. The third-order valence-electron chi connectivity index (χ3n) is 2.52. The SMILES string of the molecule is CCC(C)c1ccn2cccc2n1. The number of hydrogen-bond acceptors (Lipinski definition) is 1. The zero-order chi connectivity index (χ0) is 9.26. The highest BCUT2D eigenvalue weighted by Crippen LogP contribution is 2.16. The lowest BCUT2D eigenvalue weighted by Gasteiger charge is -2.07. The van der Waals surface area contributed by atoms with E-state index in [2.05, 4.69) is 31.1 Å². The zero-order valence-electron chi connectivity index (χ0n) is 8.07. The molecule has 0 spiro atoms. The van der Waals surface area contributed by atoms with E-state index in [-0.39, 0.29) is 0 Å². The van der Waals surface area contributed by atoms with Gasteiger partial charge in [0.15, 0.2) is 0 Å². The van der Waals surface area contributed by atoms with Gasteiger partial charge in [0.1, 0.15) is 5.65 Å². The molecule has 0 fully saturated rings. The van der Waals surface area contributed by atoms with E-state index in [1.807, 2.05) is 22.7 Å². The Balaban J connectivity index is 2.48. The minimum Gasteiger partial charge on any atom is -0.309 e. The predicted molar refractivity (Wildman–Crippen MR) is 53.9 cm³/mol. The first-order chi connectivity index (χ1) is 6.31. The van der Waals surface area contributed by atoms with Crippen LogP contribution in [0.2, 0.25) is 0 Å². The molecule has 0 aliphatic carbocycles. The van der Waals surface area contributed by atoms with Crippen LogP contribution < -0.4 is 0 Å². The van der Waals surface area contributed by atoms with Gasteiger partial charge in [0.25, 0.3) is 0 Å². The van der Waals surface area contributed by atoms with Crippen LogP contribution in [0.3, 0.4) is 0 Å². The van der Waals surface area contributed by atoms with Gasteiger partial charge in [-0.15, -0.1) is 0 Å². The van der Waals surface area contributed by atoms with Crippen molar-refractivity contribution in [2.45, 2.75) is 26.2 Å². The Morgan fingerprint density at radius 3 is 3.00 bits per heavy atom. The molecule has 0 aliphatic heterocycles. The van der Waals surface area contributed by atoms with E-state index in [9.17, 15) is 0 Å². The topological polar surface area (TPSA) is 17.3 Å². The summed E-state index contributed by atoms with van der Waals surface area (Å²) in [5, 5.41) is 0. The van der Waals surface area contributed by atoms with Gasteiger partial charge in [0, 0.05) is 18.1 Å². The fourth-order valence-electron chi connectivity index (χ4n) is 1.42. The molecule has 2 aromatic heterocycles. The van der Waals surface area contributed by atoms with Gasteiger partial charge >= 0.3 is 0 Å². The fraction of sp³-hybridized carbons (Fsp3) is 0.364. The molecule has 0 aliphatic rings. The summed E-state index contributed by atoms with van der Waals surface area (Å²) in [6, 6.07) is 6.15. The largest absolute Gasteiger partial charge is 0.309 e. The van der Waals surface area contributed by atoms with Crippen LogP contribution in [0.15, 0.2) is 30.6 Å². The van der Waals surface area contributed by atoms with Crippen molar-refractivity contribution >= 4 is 5.65 Å². The zero-order valence-corrected chi connectivity index (χ0v) is 8.07. The first kappa shape index (κ1) is 8.30. The lowest BCUT2D eigenvalue weighted by Crippen LogP contribution is -1.97. The second-order valence-corrected chi connectivity index (χ2v) is 3.44. The highest BCUT2D eigenvalue weighted by molar-refractivity contribution is 5.39. The molecule has 0 radical (unpaired) electrons. The lowest BCUT2D eigenvalue weighted by atomic mass is 10.1. The van der Waals surface area contributed by atoms with Crippen LogP contribution in [0.25, 0.3) is 5.65 Å². The van der Waals surface area contributed by atoms with Crippen LogP contribution in [-0.2, 0) is 0 Å². The van der Waals surface area contributed by atoms with Crippen LogP contribution in [0.4, 0.5) is 0 Å². The van der Waals surface area contributed by atoms with Crippen LogP contribution in [0.5, 0.6) is 0 Å². The van der Waals surface area contributed by atoms with E-state index < -0.39 is 0 Å². The second kappa shape index (κ2) is 3.21. The maximum Gasteiger partial charge on any atom is 0.136 e. The Kier molecular flexibility index (Phi) is 2.05. The fourth-order valence-corrected chi connectivity index (χ4v) is 1.42. The van der Waals surface area contributed by atoms with Gasteiger partial charge in [-0.05, 0) is 30.5 Å². The van der Waals surface area contributed by atoms with Crippen LogP contribution in [0, 0.1) is 0 Å². The van der Waals surface area contributed by atoms with Crippen molar-refractivity contribution in [1.29, 1.82) is 0 Å². The Hall–Kier alpha value is -1.31. The van der Waals surface area contributed by atoms with Gasteiger partial charge < -0.3 is 4.40 Å². The molecular weight excluding hydrogens is 160 g/mol.